The summed E-state index contributed by atoms with van der Waals surface area (Å²) in [5.41, 5.74) is -1.34. The number of pyridine rings is 1. The minimum atomic E-state index is -4.73. The molecule has 0 spiro atoms. The number of halogens is 6. The zero-order valence-corrected chi connectivity index (χ0v) is 7.61. The molecule has 0 unspecified atom stereocenters. The highest BCUT2D eigenvalue weighted by Crippen LogP contribution is 2.32. The van der Waals surface area contributed by atoms with Crippen molar-refractivity contribution < 1.29 is 26.7 Å². The van der Waals surface area contributed by atoms with Gasteiger partial charge in [-0.2, -0.15) is 22.0 Å². The van der Waals surface area contributed by atoms with Crippen molar-refractivity contribution in [3.63, 3.8) is 0 Å². The second kappa shape index (κ2) is 4.18. The molecule has 0 aliphatic carbocycles. The van der Waals surface area contributed by atoms with Gasteiger partial charge in [-0.1, -0.05) is 11.6 Å². The van der Waals surface area contributed by atoms with Crippen LogP contribution in [0.15, 0.2) is 12.1 Å². The van der Waals surface area contributed by atoms with Crippen LogP contribution in [-0.4, -0.2) is 11.6 Å². The zero-order valence-electron chi connectivity index (χ0n) is 6.86. The van der Waals surface area contributed by atoms with Gasteiger partial charge in [0.15, 0.2) is 0 Å². The van der Waals surface area contributed by atoms with Crippen LogP contribution >= 0.6 is 11.6 Å². The van der Waals surface area contributed by atoms with Crippen LogP contribution in [-0.2, 0) is 6.18 Å². The van der Waals surface area contributed by atoms with Crippen LogP contribution in [0.2, 0.25) is 5.02 Å². The average Bonchev–Trinajstić information content (AvgIpc) is 2.06. The molecule has 1 rings (SSSR count). The highest BCUT2D eigenvalue weighted by molar-refractivity contribution is 6.31. The first-order valence-electron chi connectivity index (χ1n) is 3.49. The van der Waals surface area contributed by atoms with Crippen molar-refractivity contribution in [3.8, 4) is 5.88 Å². The molecule has 0 saturated carbocycles. The van der Waals surface area contributed by atoms with E-state index < -0.39 is 29.4 Å². The Hall–Kier alpha value is -1.11. The fourth-order valence-electron chi connectivity index (χ4n) is 0.748. The summed E-state index contributed by atoms with van der Waals surface area (Å²) >= 11 is 5.30. The fraction of sp³-hybridized carbons (Fsp3) is 0.286. The first kappa shape index (κ1) is 12.0. The molecule has 0 N–H and O–H groups in total. The molecule has 0 aliphatic rings. The number of aromatic nitrogens is 1. The number of hydrogen-bond acceptors (Lipinski definition) is 2. The SMILES string of the molecule is FC(F)Oc1nc(C(F)(F)F)ccc1Cl. The van der Waals surface area contributed by atoms with Crippen LogP contribution < -0.4 is 4.74 Å². The Morgan fingerprint density at radius 1 is 1.27 bits per heavy atom. The van der Waals surface area contributed by atoms with E-state index in [1.807, 2.05) is 0 Å². The molecule has 0 aliphatic heterocycles. The van der Waals surface area contributed by atoms with Gasteiger partial charge in [-0.25, -0.2) is 4.98 Å². The largest absolute Gasteiger partial charge is 0.433 e. The van der Waals surface area contributed by atoms with Crippen molar-refractivity contribution in [2.75, 3.05) is 0 Å². The monoisotopic (exact) mass is 247 g/mol. The van der Waals surface area contributed by atoms with E-state index in [1.54, 1.807) is 0 Å². The van der Waals surface area contributed by atoms with E-state index in [9.17, 15) is 22.0 Å². The Bertz CT molecular complexity index is 354. The molecule has 0 fully saturated rings. The quantitative estimate of drug-likeness (QED) is 0.748. The minimum absolute atomic E-state index is 0.414. The number of rotatable bonds is 2. The number of hydrogen-bond donors (Lipinski definition) is 0. The summed E-state index contributed by atoms with van der Waals surface area (Å²) in [6, 6.07) is 1.36. The number of alkyl halides is 5. The molecule has 0 radical (unpaired) electrons. The van der Waals surface area contributed by atoms with Gasteiger partial charge < -0.3 is 4.74 Å². The molecular formula is C7H3ClF5NO. The third kappa shape index (κ3) is 3.19. The lowest BCUT2D eigenvalue weighted by molar-refractivity contribution is -0.142. The van der Waals surface area contributed by atoms with Crippen LogP contribution in [0.3, 0.4) is 0 Å². The number of ether oxygens (including phenoxy) is 1. The summed E-state index contributed by atoms with van der Waals surface area (Å²) < 4.78 is 63.4. The molecule has 15 heavy (non-hydrogen) atoms. The third-order valence-electron chi connectivity index (χ3n) is 1.30. The fourth-order valence-corrected chi connectivity index (χ4v) is 0.898. The molecule has 0 bridgehead atoms. The molecule has 1 heterocycles. The summed E-state index contributed by atoms with van der Waals surface area (Å²) in [4.78, 5) is 2.82. The van der Waals surface area contributed by atoms with Crippen LogP contribution in [0.1, 0.15) is 5.69 Å². The van der Waals surface area contributed by atoms with Crippen molar-refractivity contribution in [2.24, 2.45) is 0 Å². The lowest BCUT2D eigenvalue weighted by Gasteiger charge is -2.09. The molecule has 0 aromatic carbocycles. The Kier molecular flexibility index (Phi) is 3.33. The summed E-state index contributed by atoms with van der Waals surface area (Å²) in [7, 11) is 0. The lowest BCUT2D eigenvalue weighted by Crippen LogP contribution is -2.11. The molecule has 8 heteroatoms. The standard InChI is InChI=1S/C7H3ClF5NO/c8-3-1-2-4(7(11,12)13)14-5(3)15-6(9)10/h1-2,6H. The topological polar surface area (TPSA) is 22.1 Å². The van der Waals surface area contributed by atoms with E-state index in [1.165, 1.54) is 0 Å². The predicted octanol–water partition coefficient (Wildman–Crippen LogP) is 3.36. The van der Waals surface area contributed by atoms with Crippen LogP contribution in [0.25, 0.3) is 0 Å². The first-order valence-corrected chi connectivity index (χ1v) is 3.87. The summed E-state index contributed by atoms with van der Waals surface area (Å²) in [6.07, 6.45) is -4.73. The van der Waals surface area contributed by atoms with E-state index in [2.05, 4.69) is 9.72 Å². The smallest absolute Gasteiger partial charge is 0.415 e. The normalized spacial score (nSPS) is 11.9. The molecule has 1 aromatic rings. The number of nitrogens with zero attached hydrogens (tertiary/aromatic N) is 1. The summed E-state index contributed by atoms with van der Waals surface area (Å²) in [6.45, 7) is -3.28. The Morgan fingerprint density at radius 2 is 1.87 bits per heavy atom. The first-order chi connectivity index (χ1) is 6.80. The van der Waals surface area contributed by atoms with Crippen molar-refractivity contribution in [1.82, 2.24) is 4.98 Å². The van der Waals surface area contributed by atoms with Crippen molar-refractivity contribution in [3.05, 3.63) is 22.8 Å². The molecular weight excluding hydrogens is 245 g/mol. The van der Waals surface area contributed by atoms with E-state index in [0.717, 1.165) is 6.07 Å². The van der Waals surface area contributed by atoms with Crippen molar-refractivity contribution in [1.29, 1.82) is 0 Å². The Morgan fingerprint density at radius 3 is 2.33 bits per heavy atom. The van der Waals surface area contributed by atoms with Gasteiger partial charge in [0.1, 0.15) is 10.7 Å². The maximum Gasteiger partial charge on any atom is 0.433 e. The Balaban J connectivity index is 3.06. The van der Waals surface area contributed by atoms with Gasteiger partial charge in [0.2, 0.25) is 5.88 Å². The summed E-state index contributed by atoms with van der Waals surface area (Å²) in [5, 5.41) is -0.414. The molecule has 0 saturated heterocycles. The molecule has 0 atom stereocenters. The highest BCUT2D eigenvalue weighted by atomic mass is 35.5. The van der Waals surface area contributed by atoms with Gasteiger partial charge in [-0.3, -0.25) is 0 Å². The highest BCUT2D eigenvalue weighted by Gasteiger charge is 2.33. The second-order valence-corrected chi connectivity index (χ2v) is 2.77. The van der Waals surface area contributed by atoms with E-state index in [4.69, 9.17) is 11.6 Å². The van der Waals surface area contributed by atoms with Gasteiger partial charge in [-0.15, -0.1) is 0 Å². The molecule has 1 aromatic heterocycles. The predicted molar refractivity (Wildman–Crippen MR) is 40.9 cm³/mol. The minimum Gasteiger partial charge on any atom is -0.415 e. The van der Waals surface area contributed by atoms with Crippen LogP contribution in [0.4, 0.5) is 22.0 Å². The third-order valence-corrected chi connectivity index (χ3v) is 1.59. The zero-order chi connectivity index (χ0) is 11.6. The van der Waals surface area contributed by atoms with E-state index in [-0.39, 0.29) is 0 Å². The Labute approximate surface area is 85.6 Å². The van der Waals surface area contributed by atoms with Gasteiger partial charge >= 0.3 is 12.8 Å². The lowest BCUT2D eigenvalue weighted by atomic mass is 10.3. The molecule has 2 nitrogen and oxygen atoms in total. The molecule has 84 valence electrons. The average molecular weight is 248 g/mol. The van der Waals surface area contributed by atoms with Gasteiger partial charge in [0.05, 0.1) is 0 Å². The van der Waals surface area contributed by atoms with Gasteiger partial charge in [0, 0.05) is 0 Å². The van der Waals surface area contributed by atoms with Crippen molar-refractivity contribution >= 4 is 11.6 Å². The van der Waals surface area contributed by atoms with Gasteiger partial charge in [-0.05, 0) is 12.1 Å². The maximum atomic E-state index is 12.1. The maximum absolute atomic E-state index is 12.1. The van der Waals surface area contributed by atoms with Crippen LogP contribution in [0.5, 0.6) is 5.88 Å². The second-order valence-electron chi connectivity index (χ2n) is 2.36. The van der Waals surface area contributed by atoms with Crippen molar-refractivity contribution in [2.45, 2.75) is 12.8 Å². The van der Waals surface area contributed by atoms with E-state index in [0.29, 0.717) is 6.07 Å². The molecule has 0 amide bonds. The van der Waals surface area contributed by atoms with Crippen LogP contribution in [0, 0.1) is 0 Å². The summed E-state index contributed by atoms with van der Waals surface area (Å²) in [5.74, 6) is -0.943. The van der Waals surface area contributed by atoms with Gasteiger partial charge in [0.25, 0.3) is 0 Å². The van der Waals surface area contributed by atoms with E-state index >= 15 is 0 Å².